The van der Waals surface area contributed by atoms with Gasteiger partial charge in [0.05, 0.1) is 12.5 Å². The van der Waals surface area contributed by atoms with Gasteiger partial charge in [0.15, 0.2) is 0 Å². The van der Waals surface area contributed by atoms with Gasteiger partial charge in [-0.1, -0.05) is 24.3 Å². The second-order valence-corrected chi connectivity index (χ2v) is 10.4. The van der Waals surface area contributed by atoms with Crippen LogP contribution in [0, 0.1) is 0 Å². The standard InChI is InChI=1S/C27H35F3N6O/c1-18(14-27(28,29)30)33-26-32-15-23-24(17-36(25(23)34-26)21-6-8-22(37)9-7-21)20-4-2-19(3-5-20)16-35-12-10-31-11-13-35/h2-5,15,17-18,21-22,31,37H,6-14,16H2,1H3,(H,32,33,34)/t18-,21?,22?/m0/s1. The van der Waals surface area contributed by atoms with Crippen LogP contribution in [0.3, 0.4) is 0 Å². The van der Waals surface area contributed by atoms with E-state index in [2.05, 4.69) is 60.5 Å². The number of aromatic nitrogens is 3. The predicted molar refractivity (Wildman–Crippen MR) is 138 cm³/mol. The lowest BCUT2D eigenvalue weighted by Crippen LogP contribution is -2.42. The SMILES string of the molecule is C[C@@H](CC(F)(F)F)Nc1ncc2c(-c3ccc(CN4CCNCC4)cc3)cn(C3CCC(O)CC3)c2n1. The van der Waals surface area contributed by atoms with E-state index in [0.717, 1.165) is 74.9 Å². The van der Waals surface area contributed by atoms with Crippen molar-refractivity contribution in [2.75, 3.05) is 31.5 Å². The Morgan fingerprint density at radius 3 is 2.49 bits per heavy atom. The average Bonchev–Trinajstić information content (AvgIpc) is 3.23. The summed E-state index contributed by atoms with van der Waals surface area (Å²) in [5.41, 5.74) is 4.03. The molecule has 0 bridgehead atoms. The molecule has 7 nitrogen and oxygen atoms in total. The molecule has 0 unspecified atom stereocenters. The first kappa shape index (κ1) is 25.9. The van der Waals surface area contributed by atoms with Gasteiger partial charge in [-0.05, 0) is 43.7 Å². The van der Waals surface area contributed by atoms with Gasteiger partial charge in [0.1, 0.15) is 5.65 Å². The second-order valence-electron chi connectivity index (χ2n) is 10.4. The van der Waals surface area contributed by atoms with Gasteiger partial charge in [0, 0.05) is 68.2 Å². The van der Waals surface area contributed by atoms with Crippen LogP contribution in [0.5, 0.6) is 0 Å². The monoisotopic (exact) mass is 516 g/mol. The third kappa shape index (κ3) is 6.42. The third-order valence-corrected chi connectivity index (χ3v) is 7.43. The van der Waals surface area contributed by atoms with Gasteiger partial charge in [-0.25, -0.2) is 4.98 Å². The van der Waals surface area contributed by atoms with E-state index in [1.54, 1.807) is 6.20 Å². The quantitative estimate of drug-likeness (QED) is 0.421. The van der Waals surface area contributed by atoms with Crippen LogP contribution in [0.1, 0.15) is 50.6 Å². The number of benzene rings is 1. The van der Waals surface area contributed by atoms with E-state index in [4.69, 9.17) is 0 Å². The van der Waals surface area contributed by atoms with E-state index in [1.807, 2.05) is 0 Å². The molecule has 0 radical (unpaired) electrons. The minimum Gasteiger partial charge on any atom is -0.393 e. The van der Waals surface area contributed by atoms with Gasteiger partial charge in [-0.3, -0.25) is 4.90 Å². The van der Waals surface area contributed by atoms with Crippen molar-refractivity contribution in [1.82, 2.24) is 24.8 Å². The number of aliphatic hydroxyl groups is 1. The maximum atomic E-state index is 12.8. The van der Waals surface area contributed by atoms with Gasteiger partial charge in [0.25, 0.3) is 0 Å². The Balaban J connectivity index is 1.44. The maximum Gasteiger partial charge on any atom is 0.391 e. The molecule has 1 saturated carbocycles. The number of aliphatic hydroxyl groups excluding tert-OH is 1. The molecule has 1 atom stereocenters. The molecule has 3 N–H and O–H groups in total. The predicted octanol–water partition coefficient (Wildman–Crippen LogP) is 4.73. The molecular formula is C27H35F3N6O. The first-order chi connectivity index (χ1) is 17.7. The molecule has 3 heterocycles. The lowest BCUT2D eigenvalue weighted by Gasteiger charge is -2.27. The van der Waals surface area contributed by atoms with Crippen LogP contribution in [0.4, 0.5) is 19.1 Å². The van der Waals surface area contributed by atoms with E-state index >= 15 is 0 Å². The number of fused-ring (bicyclic) bond motifs is 1. The summed E-state index contributed by atoms with van der Waals surface area (Å²) in [4.78, 5) is 11.5. The Hall–Kier alpha value is -2.69. The molecule has 2 aromatic heterocycles. The summed E-state index contributed by atoms with van der Waals surface area (Å²) in [5.74, 6) is 0.192. The number of rotatable bonds is 7. The molecular weight excluding hydrogens is 481 g/mol. The van der Waals surface area contributed by atoms with Gasteiger partial charge >= 0.3 is 6.18 Å². The molecule has 3 aromatic rings. The van der Waals surface area contributed by atoms with E-state index in [1.165, 1.54) is 12.5 Å². The lowest BCUT2D eigenvalue weighted by atomic mass is 9.93. The van der Waals surface area contributed by atoms with Crippen LogP contribution in [0.25, 0.3) is 22.2 Å². The number of nitrogens with zero attached hydrogens (tertiary/aromatic N) is 4. The zero-order valence-corrected chi connectivity index (χ0v) is 21.1. The van der Waals surface area contributed by atoms with Crippen LogP contribution in [0.15, 0.2) is 36.7 Å². The molecule has 0 spiro atoms. The number of alkyl halides is 3. The number of halogens is 3. The fourth-order valence-corrected chi connectivity index (χ4v) is 5.48. The highest BCUT2D eigenvalue weighted by Gasteiger charge is 2.30. The largest absolute Gasteiger partial charge is 0.393 e. The third-order valence-electron chi connectivity index (χ3n) is 7.43. The fraction of sp³-hybridized carbons (Fsp3) is 0.556. The Kier molecular flexibility index (Phi) is 7.69. The maximum absolute atomic E-state index is 12.8. The number of piperazine rings is 1. The van der Waals surface area contributed by atoms with Crippen molar-refractivity contribution >= 4 is 17.0 Å². The van der Waals surface area contributed by atoms with Crippen LogP contribution in [0.2, 0.25) is 0 Å². The van der Waals surface area contributed by atoms with Gasteiger partial charge in [-0.15, -0.1) is 0 Å². The number of hydrogen-bond acceptors (Lipinski definition) is 6. The summed E-state index contributed by atoms with van der Waals surface area (Å²) in [6.07, 6.45) is 1.40. The fourth-order valence-electron chi connectivity index (χ4n) is 5.48. The lowest BCUT2D eigenvalue weighted by molar-refractivity contribution is -0.136. The minimum atomic E-state index is -4.26. The van der Waals surface area contributed by atoms with Crippen molar-refractivity contribution in [3.63, 3.8) is 0 Å². The Morgan fingerprint density at radius 1 is 1.11 bits per heavy atom. The van der Waals surface area contributed by atoms with Crippen molar-refractivity contribution in [3.8, 4) is 11.1 Å². The summed E-state index contributed by atoms with van der Waals surface area (Å²) in [7, 11) is 0. The molecule has 2 fully saturated rings. The summed E-state index contributed by atoms with van der Waals surface area (Å²) >= 11 is 0. The molecule has 0 amide bonds. The van der Waals surface area contributed by atoms with Crippen molar-refractivity contribution in [2.24, 2.45) is 0 Å². The first-order valence-electron chi connectivity index (χ1n) is 13.2. The molecule has 37 heavy (non-hydrogen) atoms. The minimum absolute atomic E-state index is 0.169. The highest BCUT2D eigenvalue weighted by Crippen LogP contribution is 2.37. The number of nitrogens with one attached hydrogen (secondary N) is 2. The molecule has 2 aliphatic rings. The Labute approximate surface area is 215 Å². The summed E-state index contributed by atoms with van der Waals surface area (Å²) in [5, 5.41) is 17.1. The Morgan fingerprint density at radius 2 is 1.81 bits per heavy atom. The molecule has 200 valence electrons. The first-order valence-corrected chi connectivity index (χ1v) is 13.2. The van der Waals surface area contributed by atoms with Crippen LogP contribution < -0.4 is 10.6 Å². The number of hydrogen-bond donors (Lipinski definition) is 3. The highest BCUT2D eigenvalue weighted by atomic mass is 19.4. The smallest absolute Gasteiger partial charge is 0.391 e. The van der Waals surface area contributed by atoms with Crippen molar-refractivity contribution < 1.29 is 18.3 Å². The Bertz CT molecular complexity index is 1180. The van der Waals surface area contributed by atoms with Gasteiger partial charge in [0.2, 0.25) is 5.95 Å². The van der Waals surface area contributed by atoms with E-state index < -0.39 is 18.6 Å². The summed E-state index contributed by atoms with van der Waals surface area (Å²) in [6, 6.07) is 7.90. The number of anilines is 1. The van der Waals surface area contributed by atoms with Crippen LogP contribution >= 0.6 is 0 Å². The van der Waals surface area contributed by atoms with E-state index in [9.17, 15) is 18.3 Å². The highest BCUT2D eigenvalue weighted by molar-refractivity contribution is 5.94. The topological polar surface area (TPSA) is 78.2 Å². The zero-order valence-electron chi connectivity index (χ0n) is 21.1. The molecule has 1 aromatic carbocycles. The normalized spacial score (nSPS) is 22.3. The molecule has 10 heteroatoms. The average molecular weight is 517 g/mol. The summed E-state index contributed by atoms with van der Waals surface area (Å²) in [6.45, 7) is 6.52. The van der Waals surface area contributed by atoms with E-state index in [0.29, 0.717) is 5.65 Å². The molecule has 5 rings (SSSR count). The van der Waals surface area contributed by atoms with Crippen LogP contribution in [-0.4, -0.2) is 69.0 Å². The molecule has 1 saturated heterocycles. The van der Waals surface area contributed by atoms with E-state index in [-0.39, 0.29) is 18.1 Å². The summed E-state index contributed by atoms with van der Waals surface area (Å²) < 4.78 is 40.7. The second kappa shape index (κ2) is 11.0. The molecule has 1 aliphatic carbocycles. The van der Waals surface area contributed by atoms with Crippen molar-refractivity contribution in [3.05, 3.63) is 42.2 Å². The van der Waals surface area contributed by atoms with Crippen molar-refractivity contribution in [2.45, 2.75) is 69.9 Å². The van der Waals surface area contributed by atoms with Crippen LogP contribution in [-0.2, 0) is 6.54 Å². The van der Waals surface area contributed by atoms with Gasteiger partial charge in [-0.2, -0.15) is 18.2 Å². The zero-order chi connectivity index (χ0) is 26.0. The van der Waals surface area contributed by atoms with Crippen molar-refractivity contribution in [1.29, 1.82) is 0 Å². The molecule has 1 aliphatic heterocycles. The van der Waals surface area contributed by atoms with Gasteiger partial charge < -0.3 is 20.3 Å².